The zero-order valence-corrected chi connectivity index (χ0v) is 17.2. The number of hydrogen-bond acceptors (Lipinski definition) is 4. The van der Waals surface area contributed by atoms with Gasteiger partial charge in [0, 0.05) is 5.56 Å². The highest BCUT2D eigenvalue weighted by Gasteiger charge is 2.46. The van der Waals surface area contributed by atoms with Gasteiger partial charge < -0.3 is 14.4 Å². The molecule has 5 nitrogen and oxygen atoms in total. The molecule has 158 valence electrons. The molecule has 1 aliphatic rings. The van der Waals surface area contributed by atoms with Gasteiger partial charge in [0.2, 0.25) is 0 Å². The van der Waals surface area contributed by atoms with E-state index in [0.29, 0.717) is 17.2 Å². The SMILES string of the molecule is CC(C)c1ccc([C@@H]2C(=C(O)c3ccc(F)cc3)C(=O)C(=O)N2Cc2ccco2)cc1. The van der Waals surface area contributed by atoms with Crippen molar-refractivity contribution in [2.24, 2.45) is 0 Å². The average molecular weight is 419 g/mol. The van der Waals surface area contributed by atoms with E-state index >= 15 is 0 Å². The van der Waals surface area contributed by atoms with E-state index in [0.717, 1.165) is 5.56 Å². The highest BCUT2D eigenvalue weighted by atomic mass is 19.1. The molecule has 0 saturated carbocycles. The Balaban J connectivity index is 1.84. The second-order valence-corrected chi connectivity index (χ2v) is 7.83. The maximum absolute atomic E-state index is 13.3. The summed E-state index contributed by atoms with van der Waals surface area (Å²) >= 11 is 0. The Bertz CT molecular complexity index is 1130. The highest BCUT2D eigenvalue weighted by Crippen LogP contribution is 2.40. The largest absolute Gasteiger partial charge is 0.507 e. The first-order valence-electron chi connectivity index (χ1n) is 10.0. The summed E-state index contributed by atoms with van der Waals surface area (Å²) in [6.45, 7) is 4.23. The Morgan fingerprint density at radius 3 is 2.32 bits per heavy atom. The van der Waals surface area contributed by atoms with E-state index in [-0.39, 0.29) is 23.4 Å². The molecule has 3 aromatic rings. The van der Waals surface area contributed by atoms with Gasteiger partial charge >= 0.3 is 0 Å². The summed E-state index contributed by atoms with van der Waals surface area (Å²) in [4.78, 5) is 27.3. The van der Waals surface area contributed by atoms with Gasteiger partial charge in [0.15, 0.2) is 0 Å². The molecule has 0 bridgehead atoms. The molecule has 31 heavy (non-hydrogen) atoms. The summed E-state index contributed by atoms with van der Waals surface area (Å²) in [5.74, 6) is -1.46. The molecule has 1 aromatic heterocycles. The van der Waals surface area contributed by atoms with Crippen molar-refractivity contribution in [2.75, 3.05) is 0 Å². The van der Waals surface area contributed by atoms with Crippen molar-refractivity contribution in [1.82, 2.24) is 4.90 Å². The van der Waals surface area contributed by atoms with Gasteiger partial charge in [0.1, 0.15) is 17.3 Å². The molecule has 1 saturated heterocycles. The lowest BCUT2D eigenvalue weighted by atomic mass is 9.93. The Kier molecular flexibility index (Phi) is 5.46. The molecular formula is C25H22FNO4. The lowest BCUT2D eigenvalue weighted by Gasteiger charge is -2.25. The van der Waals surface area contributed by atoms with Gasteiger partial charge in [-0.15, -0.1) is 0 Å². The fraction of sp³-hybridized carbons (Fsp3) is 0.200. The molecule has 1 aliphatic heterocycles. The molecule has 2 aromatic carbocycles. The fourth-order valence-electron chi connectivity index (χ4n) is 3.79. The van der Waals surface area contributed by atoms with Gasteiger partial charge in [-0.05, 0) is 53.4 Å². The highest BCUT2D eigenvalue weighted by molar-refractivity contribution is 6.46. The first-order chi connectivity index (χ1) is 14.9. The first-order valence-corrected chi connectivity index (χ1v) is 10.0. The minimum absolute atomic E-state index is 0.0274. The van der Waals surface area contributed by atoms with E-state index in [1.165, 1.54) is 35.4 Å². The van der Waals surface area contributed by atoms with Crippen LogP contribution in [-0.2, 0) is 16.1 Å². The van der Waals surface area contributed by atoms with Crippen LogP contribution in [0, 0.1) is 5.82 Å². The van der Waals surface area contributed by atoms with Crippen LogP contribution in [-0.4, -0.2) is 21.7 Å². The summed E-state index contributed by atoms with van der Waals surface area (Å²) < 4.78 is 18.7. The third kappa shape index (κ3) is 3.89. The van der Waals surface area contributed by atoms with Crippen molar-refractivity contribution >= 4 is 17.4 Å². The number of furan rings is 1. The number of aliphatic hydroxyl groups is 1. The van der Waals surface area contributed by atoms with Crippen molar-refractivity contribution in [1.29, 1.82) is 0 Å². The molecule has 0 aliphatic carbocycles. The summed E-state index contributed by atoms with van der Waals surface area (Å²) in [6, 6.07) is 15.4. The average Bonchev–Trinajstić information content (AvgIpc) is 3.36. The van der Waals surface area contributed by atoms with Crippen molar-refractivity contribution in [2.45, 2.75) is 32.4 Å². The van der Waals surface area contributed by atoms with E-state index in [1.54, 1.807) is 12.1 Å². The molecule has 0 unspecified atom stereocenters. The van der Waals surface area contributed by atoms with Crippen molar-refractivity contribution in [3.63, 3.8) is 0 Å². The molecule has 1 amide bonds. The summed E-state index contributed by atoms with van der Waals surface area (Å²) in [6.07, 6.45) is 1.50. The van der Waals surface area contributed by atoms with Crippen LogP contribution in [0.5, 0.6) is 0 Å². The second kappa shape index (κ2) is 8.22. The van der Waals surface area contributed by atoms with Crippen LogP contribution in [0.1, 0.15) is 48.3 Å². The second-order valence-electron chi connectivity index (χ2n) is 7.83. The van der Waals surface area contributed by atoms with Crippen LogP contribution in [0.4, 0.5) is 4.39 Å². The molecule has 1 fully saturated rings. The molecule has 0 spiro atoms. The third-order valence-electron chi connectivity index (χ3n) is 5.48. The van der Waals surface area contributed by atoms with Crippen molar-refractivity contribution in [3.8, 4) is 0 Å². The number of carbonyl (C=O) groups is 2. The van der Waals surface area contributed by atoms with Crippen molar-refractivity contribution < 1.29 is 23.5 Å². The normalized spacial score (nSPS) is 18.2. The van der Waals surface area contributed by atoms with Crippen LogP contribution in [0.2, 0.25) is 0 Å². The number of amides is 1. The van der Waals surface area contributed by atoms with Gasteiger partial charge in [-0.1, -0.05) is 38.1 Å². The zero-order chi connectivity index (χ0) is 22.1. The predicted octanol–water partition coefficient (Wildman–Crippen LogP) is 5.16. The van der Waals surface area contributed by atoms with E-state index in [9.17, 15) is 19.1 Å². The van der Waals surface area contributed by atoms with E-state index < -0.39 is 23.5 Å². The molecule has 1 N–H and O–H groups in total. The van der Waals surface area contributed by atoms with Crippen LogP contribution in [0.15, 0.2) is 76.9 Å². The van der Waals surface area contributed by atoms with Gasteiger partial charge in [-0.25, -0.2) is 4.39 Å². The van der Waals surface area contributed by atoms with E-state index in [1.807, 2.05) is 24.3 Å². The fourth-order valence-corrected chi connectivity index (χ4v) is 3.79. The number of nitrogens with zero attached hydrogens (tertiary/aromatic N) is 1. The number of rotatable bonds is 5. The van der Waals surface area contributed by atoms with Crippen LogP contribution >= 0.6 is 0 Å². The Labute approximate surface area is 179 Å². The first kappa shape index (κ1) is 20.6. The molecule has 1 atom stereocenters. The van der Waals surface area contributed by atoms with Crippen LogP contribution in [0.3, 0.4) is 0 Å². The Morgan fingerprint density at radius 1 is 1.06 bits per heavy atom. The standard InChI is InChI=1S/C25H22FNO4/c1-15(2)16-5-7-17(8-6-16)22-21(23(28)18-9-11-19(26)12-10-18)24(29)25(30)27(22)14-20-4-3-13-31-20/h3-13,15,22,28H,14H2,1-2H3/t22-/m1/s1. The molecular weight excluding hydrogens is 397 g/mol. The van der Waals surface area contributed by atoms with Crippen LogP contribution < -0.4 is 0 Å². The summed E-state index contributed by atoms with van der Waals surface area (Å²) in [7, 11) is 0. The number of ketones is 1. The number of hydrogen-bond donors (Lipinski definition) is 1. The number of halogens is 1. The van der Waals surface area contributed by atoms with Crippen LogP contribution in [0.25, 0.3) is 5.76 Å². The maximum atomic E-state index is 13.3. The van der Waals surface area contributed by atoms with E-state index in [2.05, 4.69) is 13.8 Å². The minimum atomic E-state index is -0.795. The number of likely N-dealkylation sites (tertiary alicyclic amines) is 1. The van der Waals surface area contributed by atoms with Gasteiger partial charge in [-0.2, -0.15) is 0 Å². The molecule has 2 heterocycles. The third-order valence-corrected chi connectivity index (χ3v) is 5.48. The number of Topliss-reactive ketones (excluding diaryl/α,β-unsaturated/α-hetero) is 1. The molecule has 4 rings (SSSR count). The number of carbonyl (C=O) groups excluding carboxylic acids is 2. The minimum Gasteiger partial charge on any atom is -0.507 e. The quantitative estimate of drug-likeness (QED) is 0.352. The van der Waals surface area contributed by atoms with Gasteiger partial charge in [0.05, 0.1) is 24.4 Å². The Morgan fingerprint density at radius 2 is 1.74 bits per heavy atom. The maximum Gasteiger partial charge on any atom is 0.296 e. The predicted molar refractivity (Wildman–Crippen MR) is 113 cm³/mol. The number of benzene rings is 2. The zero-order valence-electron chi connectivity index (χ0n) is 17.2. The monoisotopic (exact) mass is 419 g/mol. The topological polar surface area (TPSA) is 70.8 Å². The lowest BCUT2D eigenvalue weighted by molar-refractivity contribution is -0.140. The summed E-state index contributed by atoms with van der Waals surface area (Å²) in [5, 5.41) is 11.0. The molecule has 6 heteroatoms. The lowest BCUT2D eigenvalue weighted by Crippen LogP contribution is -2.29. The van der Waals surface area contributed by atoms with Crippen molar-refractivity contribution in [3.05, 3.63) is 101 Å². The smallest absolute Gasteiger partial charge is 0.296 e. The van der Waals surface area contributed by atoms with E-state index in [4.69, 9.17) is 4.42 Å². The molecule has 0 radical (unpaired) electrons. The summed E-state index contributed by atoms with van der Waals surface area (Å²) in [5.41, 5.74) is 2.05. The van der Waals surface area contributed by atoms with Gasteiger partial charge in [-0.3, -0.25) is 9.59 Å². The van der Waals surface area contributed by atoms with Gasteiger partial charge in [0.25, 0.3) is 11.7 Å². The Hall–Kier alpha value is -3.67. The number of aliphatic hydroxyl groups excluding tert-OH is 1.